The Morgan fingerprint density at radius 1 is 0.802 bits per heavy atom. The lowest BCUT2D eigenvalue weighted by atomic mass is 9.92. The summed E-state index contributed by atoms with van der Waals surface area (Å²) in [4.78, 5) is 155. The number of rotatable bonds is 30. The van der Waals surface area contributed by atoms with Gasteiger partial charge in [-0.25, -0.2) is 29.0 Å². The van der Waals surface area contributed by atoms with Gasteiger partial charge in [-0.3, -0.25) is 33.7 Å². The van der Waals surface area contributed by atoms with Crippen molar-refractivity contribution in [1.29, 1.82) is 0 Å². The number of nitrogens with zero attached hydrogens (tertiary/aromatic N) is 5. The van der Waals surface area contributed by atoms with Crippen LogP contribution in [0.2, 0.25) is 0 Å². The second-order valence-corrected chi connectivity index (χ2v) is 23.5. The van der Waals surface area contributed by atoms with Crippen LogP contribution in [0.4, 0.5) is 41.0 Å². The van der Waals surface area contributed by atoms with Crippen LogP contribution in [0.5, 0.6) is 5.75 Å². The number of H-pyrrole nitrogens is 1. The molecular weight excluding hydrogens is 1270 g/mol. The molecule has 13 amide bonds. The van der Waals surface area contributed by atoms with Gasteiger partial charge >= 0.3 is 30.3 Å². The van der Waals surface area contributed by atoms with E-state index in [1.54, 1.807) is 73.4 Å². The Balaban J connectivity index is 0.874. The number of primary amides is 2. The number of aryl methyl sites for hydroxylation is 1. The normalized spacial score (nSPS) is 14.7. The number of benzene rings is 3. The molecule has 0 fully saturated rings. The number of carbonyl (C=O) groups is 11. The highest BCUT2D eigenvalue weighted by atomic mass is 35.5. The number of halogens is 1. The van der Waals surface area contributed by atoms with Crippen molar-refractivity contribution in [2.24, 2.45) is 23.1 Å². The number of allylic oxidation sites excluding steroid dienone is 3. The highest BCUT2D eigenvalue weighted by Gasteiger charge is 2.37. The lowest BCUT2D eigenvalue weighted by Crippen LogP contribution is -2.54. The number of imide groups is 1. The van der Waals surface area contributed by atoms with Gasteiger partial charge in [-0.05, 0) is 97.4 Å². The van der Waals surface area contributed by atoms with Crippen LogP contribution in [0.1, 0.15) is 79.0 Å². The largest absolute Gasteiger partial charge is 0.447 e. The van der Waals surface area contributed by atoms with Crippen molar-refractivity contribution in [2.45, 2.75) is 77.5 Å². The third-order valence-electron chi connectivity index (χ3n) is 15.9. The summed E-state index contributed by atoms with van der Waals surface area (Å²) in [6.07, 6.45) is 6.29. The zero-order chi connectivity index (χ0) is 69.2. The molecule has 0 radical (unpaired) electrons. The Hall–Kier alpha value is -10.8. The number of aromatic amines is 1. The number of anilines is 3. The number of hydrogen-bond acceptors (Lipinski definition) is 17. The van der Waals surface area contributed by atoms with Gasteiger partial charge in [0.2, 0.25) is 11.8 Å². The summed E-state index contributed by atoms with van der Waals surface area (Å²) < 4.78 is 22.4. The molecule has 0 spiro atoms. The summed E-state index contributed by atoms with van der Waals surface area (Å²) in [6, 6.07) is 13.0. The molecule has 96 heavy (non-hydrogen) atoms. The molecule has 0 saturated carbocycles. The summed E-state index contributed by atoms with van der Waals surface area (Å²) in [6.45, 7) is 5.16. The first-order chi connectivity index (χ1) is 46.0. The molecule has 3 atom stereocenters. The molecule has 510 valence electrons. The predicted octanol–water partition coefficient (Wildman–Crippen LogP) is 5.20. The van der Waals surface area contributed by atoms with Crippen molar-refractivity contribution >= 4 is 116 Å². The number of nitrogens with one attached hydrogen (secondary N) is 7. The molecule has 8 rings (SSSR count). The van der Waals surface area contributed by atoms with Gasteiger partial charge in [0.1, 0.15) is 42.4 Å². The van der Waals surface area contributed by atoms with Crippen LogP contribution in [-0.4, -0.2) is 181 Å². The van der Waals surface area contributed by atoms with Crippen LogP contribution >= 0.6 is 11.6 Å². The third kappa shape index (κ3) is 19.0. The molecule has 1 aliphatic carbocycles. The van der Waals surface area contributed by atoms with Crippen molar-refractivity contribution in [3.05, 3.63) is 125 Å². The van der Waals surface area contributed by atoms with Gasteiger partial charge in [-0.1, -0.05) is 50.3 Å². The molecule has 0 saturated heterocycles. The topological polar surface area (TPSA) is 417 Å². The van der Waals surface area contributed by atoms with E-state index in [1.165, 1.54) is 23.0 Å². The second kappa shape index (κ2) is 33.4. The monoisotopic (exact) mass is 1340 g/mol. The lowest BCUT2D eigenvalue weighted by Gasteiger charge is -2.26. The number of hydrogen-bond donors (Lipinski definition) is 10. The van der Waals surface area contributed by atoms with E-state index < -0.39 is 77.9 Å². The molecule has 3 aliphatic rings. The number of nitrogens with two attached hydrogens (primary N) is 3. The van der Waals surface area contributed by atoms with Crippen LogP contribution < -0.4 is 58.7 Å². The SMILES string of the molecule is Cc1cccc2c(OC(=O)N(CCCNC(N)=O)CCN(C)C(=O)OCc3ccc(NC(=O)[C@H](CCCNC(N)=O)NC(=O)[C@@H](NC(=O)OCCOCCN4C(=O)C=CC4=O)C(C)C)cc3)cc3c(c12)[C@H](CCl)CN3C(=O)c1cc2cc(NC(=O)C3=CC=C(N)CC3)cnc2[nH]1. The van der Waals surface area contributed by atoms with Crippen LogP contribution in [0, 0.1) is 12.8 Å². The molecule has 3 aromatic carbocycles. The number of urea groups is 2. The van der Waals surface area contributed by atoms with Gasteiger partial charge in [-0.15, -0.1) is 11.6 Å². The fraction of sp³-hybridized carbons (Fsp3) is 0.385. The van der Waals surface area contributed by atoms with Gasteiger partial charge in [0.05, 0.1) is 37.3 Å². The Morgan fingerprint density at radius 2 is 1.53 bits per heavy atom. The summed E-state index contributed by atoms with van der Waals surface area (Å²) >= 11 is 6.66. The second-order valence-electron chi connectivity index (χ2n) is 23.2. The summed E-state index contributed by atoms with van der Waals surface area (Å²) in [5.74, 6) is -3.41. The number of likely N-dealkylation sites (N-methyl/N-ethyl adjacent to an activating group) is 1. The van der Waals surface area contributed by atoms with Crippen molar-refractivity contribution < 1.29 is 71.7 Å². The van der Waals surface area contributed by atoms with Crippen molar-refractivity contribution in [1.82, 2.24) is 45.9 Å². The zero-order valence-electron chi connectivity index (χ0n) is 53.5. The number of alkyl carbamates (subject to hydrolysis) is 1. The number of alkyl halides is 1. The molecule has 0 unspecified atom stereocenters. The third-order valence-corrected chi connectivity index (χ3v) is 16.3. The van der Waals surface area contributed by atoms with E-state index >= 15 is 0 Å². The first kappa shape index (κ1) is 71.1. The maximum atomic E-state index is 14.7. The lowest BCUT2D eigenvalue weighted by molar-refractivity contribution is -0.137. The highest BCUT2D eigenvalue weighted by molar-refractivity contribution is 6.20. The van der Waals surface area contributed by atoms with Crippen LogP contribution in [0.3, 0.4) is 0 Å². The molecule has 2 aliphatic heterocycles. The van der Waals surface area contributed by atoms with Crippen LogP contribution in [-0.2, 0) is 44.8 Å². The Kier molecular flexibility index (Phi) is 24.7. The fourth-order valence-corrected chi connectivity index (χ4v) is 11.1. The Bertz CT molecular complexity index is 3850. The van der Waals surface area contributed by atoms with Crippen LogP contribution in [0.15, 0.2) is 102 Å². The zero-order valence-corrected chi connectivity index (χ0v) is 54.2. The molecule has 0 bridgehead atoms. The first-order valence-electron chi connectivity index (χ1n) is 31.0. The maximum absolute atomic E-state index is 14.7. The summed E-state index contributed by atoms with van der Waals surface area (Å²) in [7, 11) is 1.48. The van der Waals surface area contributed by atoms with E-state index in [0.29, 0.717) is 63.2 Å². The number of fused-ring (bicyclic) bond motifs is 4. The number of ether oxygens (including phenoxy) is 4. The molecule has 31 heteroatoms. The Labute approximate surface area is 556 Å². The number of amides is 13. The van der Waals surface area contributed by atoms with Crippen LogP contribution in [0.25, 0.3) is 21.8 Å². The van der Waals surface area contributed by atoms with E-state index in [2.05, 4.69) is 41.9 Å². The molecule has 5 aromatic rings. The van der Waals surface area contributed by atoms with E-state index in [0.717, 1.165) is 33.6 Å². The molecule has 2 aromatic heterocycles. The quantitative estimate of drug-likeness (QED) is 0.0160. The van der Waals surface area contributed by atoms with Crippen molar-refractivity contribution in [3.8, 4) is 5.75 Å². The van der Waals surface area contributed by atoms with E-state index in [4.69, 9.17) is 47.7 Å². The first-order valence-corrected chi connectivity index (χ1v) is 31.6. The van der Waals surface area contributed by atoms with E-state index in [1.807, 2.05) is 25.1 Å². The standard InChI is InChI=1S/C65H78ClN15O15/c1-37(2)55(77-63(90)94-29-28-93-27-26-80-51(82)19-20-52(80)83)59(86)76-47(10-6-21-70-61(68)88)58(85)73-44-17-11-39(12-18-44)36-95-64(91)78(4)24-25-79(23-7-22-71-62(69)89)65(92)96-50-32-49-54(53-38(3)8-5-9-46(50)53)42(33-66)35-81(49)60(87)48-31-41-30-45(34-72-56(41)75-48)74-57(84)40-13-15-43(67)16-14-40/h5,8-9,11-13,15,17-20,30-32,34,37,42,47,55H,6-7,10,14,16,21-29,33,35-36,67H2,1-4H3,(H,72,75)(H,73,85)(H,74,84)(H,76,86)(H,77,90)(H3,68,70,88)(H3,69,71,89)/t42-,47+,55+/m1/s1. The van der Waals surface area contributed by atoms with Crippen molar-refractivity contribution in [2.75, 3.05) is 94.1 Å². The van der Waals surface area contributed by atoms with Crippen molar-refractivity contribution in [3.63, 3.8) is 0 Å². The Morgan fingerprint density at radius 3 is 2.22 bits per heavy atom. The molecule has 13 N–H and O–H groups in total. The molecular formula is C65H78ClN15O15. The average Bonchev–Trinajstić information content (AvgIpc) is 1.54. The highest BCUT2D eigenvalue weighted by Crippen LogP contribution is 2.47. The van der Waals surface area contributed by atoms with E-state index in [9.17, 15) is 52.7 Å². The minimum absolute atomic E-state index is 0.00698. The van der Waals surface area contributed by atoms with Gasteiger partial charge in [0.25, 0.3) is 23.6 Å². The molecule has 4 heterocycles. The van der Waals surface area contributed by atoms with E-state index in [-0.39, 0.29) is 121 Å². The minimum Gasteiger partial charge on any atom is -0.447 e. The average molecular weight is 1340 g/mol. The fourth-order valence-electron chi connectivity index (χ4n) is 10.8. The van der Waals surface area contributed by atoms with Gasteiger partial charge in [0.15, 0.2) is 0 Å². The predicted molar refractivity (Wildman–Crippen MR) is 354 cm³/mol. The minimum atomic E-state index is -1.17. The van der Waals surface area contributed by atoms with Gasteiger partial charge in [-0.2, -0.15) is 0 Å². The maximum Gasteiger partial charge on any atom is 0.415 e. The number of carbonyl (C=O) groups excluding carboxylic acids is 11. The summed E-state index contributed by atoms with van der Waals surface area (Å²) in [5, 5.41) is 17.7. The number of pyridine rings is 1. The smallest absolute Gasteiger partial charge is 0.415 e. The number of aromatic nitrogens is 2. The van der Waals surface area contributed by atoms with Gasteiger partial charge in [0, 0.05) is 104 Å². The van der Waals surface area contributed by atoms with Gasteiger partial charge < -0.3 is 87.7 Å². The molecule has 30 nitrogen and oxygen atoms in total. The summed E-state index contributed by atoms with van der Waals surface area (Å²) in [5.41, 5.74) is 21.7.